The number of likely N-dealkylation sites (tertiary alicyclic amines) is 1. The van der Waals surface area contributed by atoms with Crippen LogP contribution in [-0.2, 0) is 28.7 Å². The van der Waals surface area contributed by atoms with Crippen LogP contribution in [0.5, 0.6) is 0 Å². The summed E-state index contributed by atoms with van der Waals surface area (Å²) in [6.07, 6.45) is 2.49. The molecular formula is C20H31N3O6. The molecule has 162 valence electrons. The first-order valence-corrected chi connectivity index (χ1v) is 9.84. The molecule has 0 bridgehead atoms. The van der Waals surface area contributed by atoms with Crippen molar-refractivity contribution in [2.45, 2.75) is 59.4 Å². The molecule has 0 aliphatic carbocycles. The molecule has 0 aromatic rings. The number of amides is 4. The summed E-state index contributed by atoms with van der Waals surface area (Å²) in [7, 11) is 0. The van der Waals surface area contributed by atoms with Gasteiger partial charge in [-0.15, -0.1) is 0 Å². The van der Waals surface area contributed by atoms with Gasteiger partial charge in [-0.3, -0.25) is 24.1 Å². The van der Waals surface area contributed by atoms with Gasteiger partial charge in [0.05, 0.1) is 6.61 Å². The second-order valence-electron chi connectivity index (χ2n) is 8.65. The zero-order chi connectivity index (χ0) is 21.8. The van der Waals surface area contributed by atoms with Gasteiger partial charge in [0.15, 0.2) is 5.79 Å². The lowest BCUT2D eigenvalue weighted by molar-refractivity contribution is -0.303. The van der Waals surface area contributed by atoms with Gasteiger partial charge in [0.2, 0.25) is 17.7 Å². The lowest BCUT2D eigenvalue weighted by Gasteiger charge is -2.44. The van der Waals surface area contributed by atoms with Gasteiger partial charge in [-0.05, 0) is 20.3 Å². The lowest BCUT2D eigenvalue weighted by Crippen LogP contribution is -2.55. The molecule has 2 fully saturated rings. The van der Waals surface area contributed by atoms with Crippen molar-refractivity contribution in [2.24, 2.45) is 11.3 Å². The Labute approximate surface area is 171 Å². The number of nitrogens with zero attached hydrogens (tertiary/aromatic N) is 1. The average Bonchev–Trinajstić information content (AvgIpc) is 2.86. The molecule has 9 heteroatoms. The first-order valence-electron chi connectivity index (χ1n) is 9.84. The number of rotatable bonds is 7. The van der Waals surface area contributed by atoms with Crippen molar-refractivity contribution in [3.63, 3.8) is 0 Å². The number of hydrogen-bond acceptors (Lipinski definition) is 6. The summed E-state index contributed by atoms with van der Waals surface area (Å²) in [5.41, 5.74) is -0.502. The Kier molecular flexibility index (Phi) is 7.18. The summed E-state index contributed by atoms with van der Waals surface area (Å²) in [6, 6.07) is 0. The fraction of sp³-hybridized carbons (Fsp3) is 0.700. The summed E-state index contributed by atoms with van der Waals surface area (Å²) in [4.78, 5) is 49.0. The van der Waals surface area contributed by atoms with E-state index in [0.717, 1.165) is 0 Å². The third kappa shape index (κ3) is 6.11. The van der Waals surface area contributed by atoms with Crippen LogP contribution in [0.3, 0.4) is 0 Å². The Hall–Kier alpha value is -2.26. The summed E-state index contributed by atoms with van der Waals surface area (Å²) in [6.45, 7) is 9.95. The van der Waals surface area contributed by atoms with E-state index in [9.17, 15) is 19.2 Å². The molecule has 29 heavy (non-hydrogen) atoms. The van der Waals surface area contributed by atoms with Crippen molar-refractivity contribution in [1.82, 2.24) is 15.5 Å². The van der Waals surface area contributed by atoms with E-state index in [4.69, 9.17) is 9.47 Å². The van der Waals surface area contributed by atoms with E-state index in [2.05, 4.69) is 10.6 Å². The van der Waals surface area contributed by atoms with E-state index < -0.39 is 17.3 Å². The predicted octanol–water partition coefficient (Wildman–Crippen LogP) is 0.695. The minimum Gasteiger partial charge on any atom is -0.352 e. The summed E-state index contributed by atoms with van der Waals surface area (Å²) >= 11 is 0. The highest BCUT2D eigenvalue weighted by molar-refractivity contribution is 6.03. The molecule has 0 spiro atoms. The minimum absolute atomic E-state index is 0.162. The fourth-order valence-corrected chi connectivity index (χ4v) is 3.19. The van der Waals surface area contributed by atoms with Crippen LogP contribution in [0.1, 0.15) is 47.5 Å². The number of ether oxygens (including phenoxy) is 2. The number of carbonyl (C=O) groups excluding carboxylic acids is 4. The normalized spacial score (nSPS) is 26.0. The van der Waals surface area contributed by atoms with Crippen molar-refractivity contribution in [3.05, 3.63) is 12.3 Å². The number of hydrogen-bond donors (Lipinski definition) is 2. The number of imide groups is 1. The van der Waals surface area contributed by atoms with Crippen LogP contribution >= 0.6 is 0 Å². The van der Waals surface area contributed by atoms with Gasteiger partial charge in [-0.1, -0.05) is 20.8 Å². The smallest absolute Gasteiger partial charge is 0.253 e. The van der Waals surface area contributed by atoms with E-state index in [0.29, 0.717) is 19.6 Å². The van der Waals surface area contributed by atoms with Crippen molar-refractivity contribution >= 4 is 23.6 Å². The molecule has 2 atom stereocenters. The first-order chi connectivity index (χ1) is 13.4. The van der Waals surface area contributed by atoms with Crippen LogP contribution in [0.25, 0.3) is 0 Å². The second-order valence-corrected chi connectivity index (χ2v) is 8.65. The van der Waals surface area contributed by atoms with Gasteiger partial charge in [-0.2, -0.15) is 0 Å². The molecule has 9 nitrogen and oxygen atoms in total. The Morgan fingerprint density at radius 3 is 2.55 bits per heavy atom. The largest absolute Gasteiger partial charge is 0.352 e. The molecular weight excluding hydrogens is 378 g/mol. The number of carbonyl (C=O) groups is 4. The fourth-order valence-electron chi connectivity index (χ4n) is 3.19. The zero-order valence-corrected chi connectivity index (χ0v) is 17.7. The van der Waals surface area contributed by atoms with Gasteiger partial charge in [0.25, 0.3) is 5.91 Å². The summed E-state index contributed by atoms with van der Waals surface area (Å²) in [5, 5.41) is 5.22. The zero-order valence-electron chi connectivity index (χ0n) is 17.7. The highest BCUT2D eigenvalue weighted by Gasteiger charge is 2.45. The Morgan fingerprint density at radius 1 is 1.24 bits per heavy atom. The van der Waals surface area contributed by atoms with Crippen LogP contribution in [0, 0.1) is 11.3 Å². The van der Waals surface area contributed by atoms with E-state index in [-0.39, 0.29) is 42.5 Å². The van der Waals surface area contributed by atoms with Crippen LogP contribution < -0.4 is 10.6 Å². The Balaban J connectivity index is 1.72. The Morgan fingerprint density at radius 2 is 1.93 bits per heavy atom. The molecule has 0 radical (unpaired) electrons. The summed E-state index contributed by atoms with van der Waals surface area (Å²) < 4.78 is 11.3. The molecule has 0 saturated carbocycles. The van der Waals surface area contributed by atoms with Gasteiger partial charge in [-0.25, -0.2) is 0 Å². The van der Waals surface area contributed by atoms with Gasteiger partial charge in [0.1, 0.15) is 6.10 Å². The molecule has 4 amide bonds. The molecule has 2 aliphatic rings. The average molecular weight is 409 g/mol. The molecule has 2 heterocycles. The van der Waals surface area contributed by atoms with Crippen LogP contribution in [0.4, 0.5) is 0 Å². The van der Waals surface area contributed by atoms with Crippen molar-refractivity contribution < 1.29 is 28.7 Å². The maximum Gasteiger partial charge on any atom is 0.253 e. The molecule has 0 aromatic carbocycles. The van der Waals surface area contributed by atoms with Crippen LogP contribution in [0.15, 0.2) is 12.3 Å². The maximum absolute atomic E-state index is 12.4. The monoisotopic (exact) mass is 409 g/mol. The van der Waals surface area contributed by atoms with Crippen LogP contribution in [0.2, 0.25) is 0 Å². The highest BCUT2D eigenvalue weighted by Crippen LogP contribution is 2.34. The molecule has 0 aromatic heterocycles. The number of nitrogens with one attached hydrogen (secondary N) is 2. The highest BCUT2D eigenvalue weighted by atomic mass is 16.7. The van der Waals surface area contributed by atoms with Gasteiger partial charge in [0, 0.05) is 43.1 Å². The first kappa shape index (κ1) is 23.0. The van der Waals surface area contributed by atoms with Crippen molar-refractivity contribution in [2.75, 3.05) is 19.7 Å². The minimum atomic E-state index is -0.853. The Bertz CT molecular complexity index is 700. The van der Waals surface area contributed by atoms with Gasteiger partial charge < -0.3 is 20.1 Å². The third-order valence-corrected chi connectivity index (χ3v) is 4.93. The van der Waals surface area contributed by atoms with E-state index >= 15 is 0 Å². The molecule has 2 aliphatic heterocycles. The van der Waals surface area contributed by atoms with E-state index in [1.165, 1.54) is 17.2 Å². The van der Waals surface area contributed by atoms with Crippen molar-refractivity contribution in [1.29, 1.82) is 0 Å². The van der Waals surface area contributed by atoms with Crippen molar-refractivity contribution in [3.8, 4) is 0 Å². The van der Waals surface area contributed by atoms with Gasteiger partial charge >= 0.3 is 0 Å². The van der Waals surface area contributed by atoms with E-state index in [1.807, 2.05) is 13.8 Å². The lowest BCUT2D eigenvalue weighted by atomic mass is 9.85. The summed E-state index contributed by atoms with van der Waals surface area (Å²) in [5.74, 6) is -2.18. The quantitative estimate of drug-likeness (QED) is 0.363. The molecule has 1 unspecified atom stereocenters. The standard InChI is InChI=1S/C20H31N3O6/c1-13-11-15(25)23(18(13)27)10-6-8-21-14(24)7-9-22-17(26)16-19(2,3)12-28-20(4,5)29-16/h7,9,13,16H,6,8,10-12H2,1-5H3,(H,21,24)(H,22,26)/b9-7-/t13?,16-/m0/s1. The maximum atomic E-state index is 12.4. The molecule has 2 N–H and O–H groups in total. The second kappa shape index (κ2) is 9.04. The predicted molar refractivity (Wildman–Crippen MR) is 104 cm³/mol. The topological polar surface area (TPSA) is 114 Å². The SMILES string of the molecule is CC1CC(=O)N(CCCNC(=O)/C=C\NC(=O)[C@@H]2OC(C)(C)OCC2(C)C)C1=O. The van der Waals surface area contributed by atoms with E-state index in [1.54, 1.807) is 20.8 Å². The third-order valence-electron chi connectivity index (χ3n) is 4.93. The molecule has 2 rings (SSSR count). The van der Waals surface area contributed by atoms with Crippen LogP contribution in [-0.4, -0.2) is 60.1 Å². The molecule has 2 saturated heterocycles.